The minimum absolute atomic E-state index is 0.0767. The number of benzene rings is 2. The molecule has 0 aliphatic rings. The van der Waals surface area contributed by atoms with E-state index in [1.807, 2.05) is 0 Å². The number of rotatable bonds is 5. The third-order valence-electron chi connectivity index (χ3n) is 5.54. The molecule has 0 aliphatic heterocycles. The SMILES string of the molecule is CC(C)(CO)NS(=O)(=O)c1cccc(C#Cc2cnn3c(C(F)(F)F)cc(-c4cccc(C(F)(F)F)c4)nc23)c1. The lowest BCUT2D eigenvalue weighted by molar-refractivity contribution is -0.142. The molecule has 0 amide bonds. The topological polar surface area (TPSA) is 96.6 Å². The third kappa shape index (κ3) is 6.27. The highest BCUT2D eigenvalue weighted by Gasteiger charge is 2.36. The van der Waals surface area contributed by atoms with E-state index in [0.29, 0.717) is 16.6 Å². The number of sulfonamides is 1. The Morgan fingerprint density at radius 2 is 1.65 bits per heavy atom. The van der Waals surface area contributed by atoms with Crippen LogP contribution in [0.2, 0.25) is 0 Å². The number of aliphatic hydroxyl groups excluding tert-OH is 1. The van der Waals surface area contributed by atoms with E-state index >= 15 is 0 Å². The number of alkyl halides is 6. The van der Waals surface area contributed by atoms with Crippen LogP contribution in [0.25, 0.3) is 16.9 Å². The first-order valence-corrected chi connectivity index (χ1v) is 12.9. The van der Waals surface area contributed by atoms with Crippen LogP contribution in [0.15, 0.2) is 65.7 Å². The molecule has 4 aromatic rings. The van der Waals surface area contributed by atoms with Gasteiger partial charge in [0, 0.05) is 11.1 Å². The van der Waals surface area contributed by atoms with Crippen LogP contribution in [0.3, 0.4) is 0 Å². The summed E-state index contributed by atoms with van der Waals surface area (Å²) in [5, 5.41) is 13.1. The van der Waals surface area contributed by atoms with E-state index in [1.54, 1.807) is 0 Å². The zero-order chi connectivity index (χ0) is 29.5. The highest BCUT2D eigenvalue weighted by Crippen LogP contribution is 2.35. The van der Waals surface area contributed by atoms with Crippen molar-refractivity contribution in [2.45, 2.75) is 36.6 Å². The molecular formula is C26H20F6N4O3S. The van der Waals surface area contributed by atoms with Gasteiger partial charge in [0.15, 0.2) is 11.3 Å². The van der Waals surface area contributed by atoms with Crippen LogP contribution < -0.4 is 4.72 Å². The second kappa shape index (κ2) is 10.2. The second-order valence-corrected chi connectivity index (χ2v) is 11.0. The van der Waals surface area contributed by atoms with Crippen LogP contribution >= 0.6 is 0 Å². The Labute approximate surface area is 224 Å². The van der Waals surface area contributed by atoms with Gasteiger partial charge in [0.25, 0.3) is 0 Å². The Hall–Kier alpha value is -3.93. The van der Waals surface area contributed by atoms with Crippen LogP contribution in [0.4, 0.5) is 26.3 Å². The van der Waals surface area contributed by atoms with Gasteiger partial charge in [-0.3, -0.25) is 0 Å². The monoisotopic (exact) mass is 582 g/mol. The average Bonchev–Trinajstić information content (AvgIpc) is 3.28. The Bertz CT molecular complexity index is 1750. The van der Waals surface area contributed by atoms with Gasteiger partial charge in [0.1, 0.15) is 0 Å². The van der Waals surface area contributed by atoms with Crippen molar-refractivity contribution in [1.29, 1.82) is 0 Å². The predicted molar refractivity (Wildman–Crippen MR) is 132 cm³/mol. The number of aliphatic hydroxyl groups is 1. The van der Waals surface area contributed by atoms with Crippen LogP contribution in [0.5, 0.6) is 0 Å². The molecular weight excluding hydrogens is 562 g/mol. The van der Waals surface area contributed by atoms with Gasteiger partial charge in [0.2, 0.25) is 10.0 Å². The molecule has 0 aliphatic carbocycles. The van der Waals surface area contributed by atoms with Crippen LogP contribution in [-0.4, -0.2) is 40.3 Å². The maximum Gasteiger partial charge on any atom is 0.433 e. The van der Waals surface area contributed by atoms with E-state index in [0.717, 1.165) is 18.3 Å². The van der Waals surface area contributed by atoms with Crippen molar-refractivity contribution in [2.24, 2.45) is 0 Å². The molecule has 0 saturated carbocycles. The van der Waals surface area contributed by atoms with E-state index in [4.69, 9.17) is 0 Å². The maximum absolute atomic E-state index is 13.9. The molecule has 0 radical (unpaired) electrons. The standard InChI is InChI=1S/C26H20F6N4O3S/c1-24(2,15-37)35-40(38,39)20-8-3-5-16(11-20)9-10-18-14-33-36-22(26(30,31)32)13-21(34-23(18)36)17-6-4-7-19(12-17)25(27,28)29/h3-8,11-14,35,37H,15H2,1-2H3. The summed E-state index contributed by atoms with van der Waals surface area (Å²) in [6, 6.07) is 9.76. The summed E-state index contributed by atoms with van der Waals surface area (Å²) in [7, 11) is -4.04. The molecule has 4 rings (SSSR count). The van der Waals surface area contributed by atoms with Gasteiger partial charge >= 0.3 is 12.4 Å². The molecule has 210 valence electrons. The molecule has 0 bridgehead atoms. The van der Waals surface area contributed by atoms with Crippen LogP contribution in [0.1, 0.15) is 36.2 Å². The molecule has 7 nitrogen and oxygen atoms in total. The van der Waals surface area contributed by atoms with E-state index in [2.05, 4.69) is 26.6 Å². The van der Waals surface area contributed by atoms with Gasteiger partial charge < -0.3 is 5.11 Å². The first kappa shape index (κ1) is 29.1. The van der Waals surface area contributed by atoms with E-state index in [1.165, 1.54) is 44.2 Å². The number of fused-ring (bicyclic) bond motifs is 1. The number of halogens is 6. The predicted octanol–water partition coefficient (Wildman–Crippen LogP) is 4.88. The van der Waals surface area contributed by atoms with E-state index < -0.39 is 45.8 Å². The largest absolute Gasteiger partial charge is 0.433 e. The molecule has 2 aromatic heterocycles. The Morgan fingerprint density at radius 1 is 0.950 bits per heavy atom. The fraction of sp³-hybridized carbons (Fsp3) is 0.231. The van der Waals surface area contributed by atoms with Gasteiger partial charge in [-0.05, 0) is 50.2 Å². The molecule has 0 saturated heterocycles. The molecule has 40 heavy (non-hydrogen) atoms. The average molecular weight is 583 g/mol. The summed E-state index contributed by atoms with van der Waals surface area (Å²) >= 11 is 0. The quantitative estimate of drug-likeness (QED) is 0.258. The zero-order valence-electron chi connectivity index (χ0n) is 20.8. The van der Waals surface area contributed by atoms with Crippen LogP contribution in [0, 0.1) is 11.8 Å². The zero-order valence-corrected chi connectivity index (χ0v) is 21.6. The molecule has 2 aromatic carbocycles. The molecule has 0 spiro atoms. The van der Waals surface area contributed by atoms with Crippen molar-refractivity contribution in [1.82, 2.24) is 19.3 Å². The van der Waals surface area contributed by atoms with Crippen molar-refractivity contribution in [3.8, 4) is 23.1 Å². The summed E-state index contributed by atoms with van der Waals surface area (Å²) < 4.78 is 109. The number of hydrogen-bond donors (Lipinski definition) is 2. The van der Waals surface area contributed by atoms with Crippen LogP contribution in [-0.2, 0) is 22.4 Å². The summed E-state index contributed by atoms with van der Waals surface area (Å²) in [5.41, 5.74) is -4.29. The fourth-order valence-electron chi connectivity index (χ4n) is 3.59. The molecule has 2 N–H and O–H groups in total. The normalized spacial score (nSPS) is 12.8. The number of hydrogen-bond acceptors (Lipinski definition) is 5. The summed E-state index contributed by atoms with van der Waals surface area (Å²) in [6.45, 7) is 2.50. The molecule has 0 unspecified atom stereocenters. The van der Waals surface area contributed by atoms with E-state index in [9.17, 15) is 39.9 Å². The Morgan fingerprint density at radius 3 is 2.30 bits per heavy atom. The van der Waals surface area contributed by atoms with Gasteiger partial charge in [0.05, 0.1) is 40.1 Å². The number of nitrogens with one attached hydrogen (secondary N) is 1. The summed E-state index contributed by atoms with van der Waals surface area (Å²) in [4.78, 5) is 3.96. The smallest absolute Gasteiger partial charge is 0.394 e. The summed E-state index contributed by atoms with van der Waals surface area (Å²) in [6.07, 6.45) is -8.62. The molecule has 0 atom stereocenters. The van der Waals surface area contributed by atoms with Crippen molar-refractivity contribution < 1.29 is 39.9 Å². The number of aromatic nitrogens is 3. The minimum atomic E-state index is -4.92. The van der Waals surface area contributed by atoms with Crippen molar-refractivity contribution >= 4 is 15.7 Å². The first-order valence-electron chi connectivity index (χ1n) is 11.4. The fourth-order valence-corrected chi connectivity index (χ4v) is 5.04. The number of nitrogens with zero attached hydrogens (tertiary/aromatic N) is 3. The first-order chi connectivity index (χ1) is 18.5. The minimum Gasteiger partial charge on any atom is -0.394 e. The highest BCUT2D eigenvalue weighted by atomic mass is 32.2. The van der Waals surface area contributed by atoms with Gasteiger partial charge in [-0.25, -0.2) is 22.6 Å². The van der Waals surface area contributed by atoms with Crippen molar-refractivity contribution in [3.63, 3.8) is 0 Å². The highest BCUT2D eigenvalue weighted by molar-refractivity contribution is 7.89. The van der Waals surface area contributed by atoms with Gasteiger partial charge in [-0.1, -0.05) is 30.0 Å². The molecule has 14 heteroatoms. The Balaban J connectivity index is 1.80. The van der Waals surface area contributed by atoms with Gasteiger partial charge in [-0.15, -0.1) is 0 Å². The van der Waals surface area contributed by atoms with E-state index in [-0.39, 0.29) is 32.9 Å². The summed E-state index contributed by atoms with van der Waals surface area (Å²) in [5.74, 6) is 5.28. The van der Waals surface area contributed by atoms with Crippen molar-refractivity contribution in [3.05, 3.63) is 83.2 Å². The molecule has 0 fully saturated rings. The Kier molecular flexibility index (Phi) is 7.44. The van der Waals surface area contributed by atoms with Crippen molar-refractivity contribution in [2.75, 3.05) is 6.61 Å². The lowest BCUT2D eigenvalue weighted by Gasteiger charge is -2.23. The van der Waals surface area contributed by atoms with Gasteiger partial charge in [-0.2, -0.15) is 31.4 Å². The lowest BCUT2D eigenvalue weighted by atomic mass is 10.1. The second-order valence-electron chi connectivity index (χ2n) is 9.32. The third-order valence-corrected chi connectivity index (χ3v) is 7.24. The lowest BCUT2D eigenvalue weighted by Crippen LogP contribution is -2.46. The molecule has 2 heterocycles. The maximum atomic E-state index is 13.9.